The van der Waals surface area contributed by atoms with Gasteiger partial charge in [0.1, 0.15) is 5.82 Å². The highest BCUT2D eigenvalue weighted by Gasteiger charge is 2.21. The predicted octanol–water partition coefficient (Wildman–Crippen LogP) is 2.36. The molecule has 0 amide bonds. The van der Waals surface area contributed by atoms with Crippen LogP contribution in [0, 0.1) is 5.82 Å². The Bertz CT molecular complexity index is 371. The first-order chi connectivity index (χ1) is 7.02. The van der Waals surface area contributed by atoms with Crippen LogP contribution < -0.4 is 10.5 Å². The predicted molar refractivity (Wildman–Crippen MR) is 59.8 cm³/mol. The van der Waals surface area contributed by atoms with Crippen molar-refractivity contribution >= 4 is 15.9 Å². The van der Waals surface area contributed by atoms with Crippen LogP contribution in [0.2, 0.25) is 0 Å². The lowest BCUT2D eigenvalue weighted by Crippen LogP contribution is -2.11. The van der Waals surface area contributed by atoms with E-state index < -0.39 is 5.82 Å². The van der Waals surface area contributed by atoms with E-state index >= 15 is 0 Å². The lowest BCUT2D eigenvalue weighted by molar-refractivity contribution is 0.364. The maximum Gasteiger partial charge on any atom is 0.164 e. The van der Waals surface area contributed by atoms with Crippen molar-refractivity contribution in [1.29, 1.82) is 0 Å². The molecule has 0 saturated heterocycles. The van der Waals surface area contributed by atoms with Gasteiger partial charge < -0.3 is 15.6 Å². The van der Waals surface area contributed by atoms with E-state index in [0.29, 0.717) is 0 Å². The summed E-state index contributed by atoms with van der Waals surface area (Å²) < 4.78 is 18.9. The fraction of sp³-hybridized carbons (Fsp3) is 0.400. The third kappa shape index (κ3) is 2.23. The average Bonchev–Trinajstić information content (AvgIpc) is 2.23. The summed E-state index contributed by atoms with van der Waals surface area (Å²) in [5.41, 5.74) is 5.63. The number of hydrogen-bond acceptors (Lipinski definition) is 3. The van der Waals surface area contributed by atoms with E-state index in [1.54, 1.807) is 6.92 Å². The van der Waals surface area contributed by atoms with Gasteiger partial charge in [0.25, 0.3) is 0 Å². The molecule has 0 aromatic heterocycles. The molecule has 0 fully saturated rings. The van der Waals surface area contributed by atoms with Gasteiger partial charge in [-0.1, -0.05) is 6.92 Å². The quantitative estimate of drug-likeness (QED) is 0.892. The van der Waals surface area contributed by atoms with Crippen LogP contribution in [-0.4, -0.2) is 18.8 Å². The molecule has 0 aliphatic rings. The molecule has 0 bridgehead atoms. The largest absolute Gasteiger partial charge is 0.504 e. The third-order valence-corrected chi connectivity index (χ3v) is 2.84. The number of benzene rings is 1. The van der Waals surface area contributed by atoms with Crippen molar-refractivity contribution in [3.8, 4) is 11.5 Å². The van der Waals surface area contributed by atoms with E-state index in [0.717, 1.165) is 0 Å². The smallest absolute Gasteiger partial charge is 0.164 e. The summed E-state index contributed by atoms with van der Waals surface area (Å²) in [4.78, 5) is 0. The van der Waals surface area contributed by atoms with Gasteiger partial charge in [-0.25, -0.2) is 4.39 Å². The maximum atomic E-state index is 13.7. The minimum Gasteiger partial charge on any atom is -0.504 e. The van der Waals surface area contributed by atoms with Crippen molar-refractivity contribution < 1.29 is 14.2 Å². The molecule has 0 aliphatic carbocycles. The molecule has 84 valence electrons. The number of nitrogens with two attached hydrogens (primary N) is 1. The summed E-state index contributed by atoms with van der Waals surface area (Å²) >= 11 is 3.06. The Morgan fingerprint density at radius 3 is 2.73 bits per heavy atom. The van der Waals surface area contributed by atoms with Crippen LogP contribution >= 0.6 is 15.9 Å². The van der Waals surface area contributed by atoms with Crippen molar-refractivity contribution in [2.24, 2.45) is 5.73 Å². The normalized spacial score (nSPS) is 12.6. The van der Waals surface area contributed by atoms with Gasteiger partial charge in [-0.2, -0.15) is 0 Å². The standard InChI is InChI=1S/C10H13BrFNO2/c1-5(4-13)8-9(12)6(11)3-7(15-2)10(8)14/h3,5,14H,4,13H2,1-2H3. The Labute approximate surface area is 96.2 Å². The van der Waals surface area contributed by atoms with Gasteiger partial charge in [-0.05, 0) is 22.5 Å². The average molecular weight is 278 g/mol. The van der Waals surface area contributed by atoms with Crippen LogP contribution in [0.5, 0.6) is 11.5 Å². The number of hydrogen-bond donors (Lipinski definition) is 2. The van der Waals surface area contributed by atoms with Crippen molar-refractivity contribution in [3.63, 3.8) is 0 Å². The fourth-order valence-corrected chi connectivity index (χ4v) is 1.76. The summed E-state index contributed by atoms with van der Waals surface area (Å²) in [5.74, 6) is -0.711. The van der Waals surface area contributed by atoms with Gasteiger partial charge >= 0.3 is 0 Å². The Balaban J connectivity index is 3.40. The third-order valence-electron chi connectivity index (χ3n) is 2.26. The molecular weight excluding hydrogens is 265 g/mol. The molecule has 0 aliphatic heterocycles. The van der Waals surface area contributed by atoms with Gasteiger partial charge in [0.2, 0.25) is 0 Å². The first kappa shape index (κ1) is 12.3. The van der Waals surface area contributed by atoms with Crippen LogP contribution in [-0.2, 0) is 0 Å². The van der Waals surface area contributed by atoms with E-state index in [2.05, 4.69) is 15.9 Å². The Hall–Kier alpha value is -0.810. The number of rotatable bonds is 3. The van der Waals surface area contributed by atoms with E-state index in [1.165, 1.54) is 13.2 Å². The lowest BCUT2D eigenvalue weighted by Gasteiger charge is -2.15. The Kier molecular flexibility index (Phi) is 3.93. The molecule has 1 rings (SSSR count). The summed E-state index contributed by atoms with van der Waals surface area (Å²) in [7, 11) is 1.41. The van der Waals surface area contributed by atoms with Crippen molar-refractivity contribution in [2.75, 3.05) is 13.7 Å². The van der Waals surface area contributed by atoms with E-state index in [9.17, 15) is 9.50 Å². The number of aromatic hydroxyl groups is 1. The second kappa shape index (κ2) is 4.81. The number of phenols is 1. The van der Waals surface area contributed by atoms with E-state index in [-0.39, 0.29) is 34.0 Å². The number of ether oxygens (including phenoxy) is 1. The minimum atomic E-state index is -0.494. The topological polar surface area (TPSA) is 55.5 Å². The van der Waals surface area contributed by atoms with Gasteiger partial charge in [0.15, 0.2) is 11.5 Å². The SMILES string of the molecule is COc1cc(Br)c(F)c(C(C)CN)c1O. The molecule has 5 heteroatoms. The number of methoxy groups -OCH3 is 1. The van der Waals surface area contributed by atoms with Crippen molar-refractivity contribution in [1.82, 2.24) is 0 Å². The maximum absolute atomic E-state index is 13.7. The molecule has 0 spiro atoms. The van der Waals surface area contributed by atoms with Gasteiger partial charge in [0.05, 0.1) is 11.6 Å². The zero-order valence-corrected chi connectivity index (χ0v) is 10.1. The molecule has 0 radical (unpaired) electrons. The first-order valence-corrected chi connectivity index (χ1v) is 5.27. The zero-order chi connectivity index (χ0) is 11.6. The highest BCUT2D eigenvalue weighted by atomic mass is 79.9. The molecule has 3 N–H and O–H groups in total. The summed E-state index contributed by atoms with van der Waals surface area (Å²) in [6.45, 7) is 1.99. The van der Waals surface area contributed by atoms with Crippen molar-refractivity contribution in [2.45, 2.75) is 12.8 Å². The first-order valence-electron chi connectivity index (χ1n) is 4.47. The van der Waals surface area contributed by atoms with Crippen LogP contribution in [0.1, 0.15) is 18.4 Å². The van der Waals surface area contributed by atoms with Crippen molar-refractivity contribution in [3.05, 3.63) is 21.9 Å². The molecule has 1 unspecified atom stereocenters. The van der Waals surface area contributed by atoms with Crippen LogP contribution in [0.3, 0.4) is 0 Å². The number of halogens is 2. The van der Waals surface area contributed by atoms with Crippen LogP contribution in [0.25, 0.3) is 0 Å². The molecular formula is C10H13BrFNO2. The molecule has 1 atom stereocenters. The highest BCUT2D eigenvalue weighted by molar-refractivity contribution is 9.10. The fourth-order valence-electron chi connectivity index (χ4n) is 1.34. The molecule has 15 heavy (non-hydrogen) atoms. The Morgan fingerprint density at radius 2 is 2.27 bits per heavy atom. The van der Waals surface area contributed by atoms with Gasteiger partial charge in [-0.15, -0.1) is 0 Å². The summed E-state index contributed by atoms with van der Waals surface area (Å²) in [6, 6.07) is 1.39. The van der Waals surface area contributed by atoms with Gasteiger partial charge in [0, 0.05) is 17.5 Å². The molecule has 0 saturated carbocycles. The monoisotopic (exact) mass is 277 g/mol. The number of phenolic OH excluding ortho intramolecular Hbond substituents is 1. The van der Waals surface area contributed by atoms with Gasteiger partial charge in [-0.3, -0.25) is 0 Å². The molecule has 1 aromatic carbocycles. The zero-order valence-electron chi connectivity index (χ0n) is 8.55. The van der Waals surface area contributed by atoms with E-state index in [1.807, 2.05) is 0 Å². The summed E-state index contributed by atoms with van der Waals surface area (Å²) in [6.07, 6.45) is 0. The summed E-state index contributed by atoms with van der Waals surface area (Å²) in [5, 5.41) is 9.75. The second-order valence-corrected chi connectivity index (χ2v) is 4.13. The molecule has 0 heterocycles. The van der Waals surface area contributed by atoms with E-state index in [4.69, 9.17) is 10.5 Å². The molecule has 1 aromatic rings. The van der Waals surface area contributed by atoms with Crippen LogP contribution in [0.15, 0.2) is 10.5 Å². The minimum absolute atomic E-state index is 0.184. The second-order valence-electron chi connectivity index (χ2n) is 3.27. The van der Waals surface area contributed by atoms with Crippen LogP contribution in [0.4, 0.5) is 4.39 Å². The highest BCUT2D eigenvalue weighted by Crippen LogP contribution is 2.39. The Morgan fingerprint density at radius 1 is 1.67 bits per heavy atom. The lowest BCUT2D eigenvalue weighted by atomic mass is 9.99. The molecule has 3 nitrogen and oxygen atoms in total.